The van der Waals surface area contributed by atoms with E-state index in [1.807, 2.05) is 22.6 Å². The van der Waals surface area contributed by atoms with Gasteiger partial charge < -0.3 is 11.1 Å². The minimum atomic E-state index is -0.409. The van der Waals surface area contributed by atoms with Crippen LogP contribution in [0.5, 0.6) is 0 Å². The summed E-state index contributed by atoms with van der Waals surface area (Å²) in [5.74, 6) is 5.22. The first-order valence-electron chi connectivity index (χ1n) is 2.58. The van der Waals surface area contributed by atoms with Crippen molar-refractivity contribution in [1.82, 2.24) is 10.3 Å². The molecule has 0 radical (unpaired) electrons. The molecule has 0 saturated heterocycles. The van der Waals surface area contributed by atoms with Crippen LogP contribution >= 0.6 is 22.6 Å². The summed E-state index contributed by atoms with van der Waals surface area (Å²) in [5, 5.41) is 3.41. The Kier molecular flexibility index (Phi) is 2.11. The molecule has 6 heteroatoms. The molecular weight excluding hydrogens is 247 g/mol. The fourth-order valence-electron chi connectivity index (χ4n) is 0.548. The van der Waals surface area contributed by atoms with E-state index in [4.69, 9.17) is 11.6 Å². The minimum Gasteiger partial charge on any atom is -0.317 e. The molecule has 10 heavy (non-hydrogen) atoms. The number of hydrazine groups is 1. The molecule has 1 rings (SSSR count). The fraction of sp³-hybridized carbons (Fsp3) is 0.250. The number of carbonyl (C=O) groups excluding carboxylic acids is 1. The molecule has 1 heterocycles. The monoisotopic (exact) mass is 254 g/mol. The van der Waals surface area contributed by atoms with Crippen LogP contribution in [0.15, 0.2) is 9.78 Å². The second-order valence-corrected chi connectivity index (χ2v) is 3.09. The molecule has 0 fully saturated rings. The molecule has 2 amide bonds. The van der Waals surface area contributed by atoms with Gasteiger partial charge in [-0.2, -0.15) is 0 Å². The molecule has 0 aromatic carbocycles. The van der Waals surface area contributed by atoms with Crippen molar-refractivity contribution in [2.45, 2.75) is 6.17 Å². The number of amides is 2. The zero-order valence-electron chi connectivity index (χ0n) is 5.04. The van der Waals surface area contributed by atoms with Crippen molar-refractivity contribution < 1.29 is 4.79 Å². The lowest BCUT2D eigenvalue weighted by Gasteiger charge is -2.23. The van der Waals surface area contributed by atoms with Gasteiger partial charge >= 0.3 is 6.03 Å². The van der Waals surface area contributed by atoms with Crippen LogP contribution in [-0.4, -0.2) is 17.2 Å². The highest BCUT2D eigenvalue weighted by molar-refractivity contribution is 14.1. The van der Waals surface area contributed by atoms with E-state index in [0.717, 1.165) is 8.59 Å². The Balaban J connectivity index is 2.79. The Morgan fingerprint density at radius 1 is 1.80 bits per heavy atom. The quantitative estimate of drug-likeness (QED) is 0.308. The molecule has 0 aromatic heterocycles. The third kappa shape index (κ3) is 1.39. The first-order valence-corrected chi connectivity index (χ1v) is 3.66. The molecule has 0 aliphatic carbocycles. The number of nitrogens with zero attached hydrogens (tertiary/aromatic N) is 1. The van der Waals surface area contributed by atoms with Gasteiger partial charge in [0, 0.05) is 9.78 Å². The molecule has 5 nitrogen and oxygen atoms in total. The van der Waals surface area contributed by atoms with Crippen molar-refractivity contribution in [1.29, 1.82) is 0 Å². The fourth-order valence-corrected chi connectivity index (χ4v) is 1.00. The van der Waals surface area contributed by atoms with Crippen LogP contribution in [0.25, 0.3) is 0 Å². The van der Waals surface area contributed by atoms with Crippen molar-refractivity contribution >= 4 is 28.6 Å². The van der Waals surface area contributed by atoms with E-state index in [1.54, 1.807) is 0 Å². The Morgan fingerprint density at radius 3 is 2.90 bits per heavy atom. The van der Waals surface area contributed by atoms with E-state index in [2.05, 4.69) is 5.32 Å². The topological polar surface area (TPSA) is 84.4 Å². The number of rotatable bonds is 0. The van der Waals surface area contributed by atoms with Crippen molar-refractivity contribution in [3.63, 3.8) is 0 Å². The third-order valence-corrected chi connectivity index (χ3v) is 2.02. The molecule has 0 bridgehead atoms. The average Bonchev–Trinajstić information content (AvgIpc) is 1.84. The van der Waals surface area contributed by atoms with Crippen molar-refractivity contribution in [2.75, 3.05) is 0 Å². The molecule has 1 atom stereocenters. The standard InChI is InChI=1S/C4H7IN4O/c5-2-1-9(7)4(10)8-3(2)6/h1,3H,6-7H2,(H,8,10). The minimum absolute atomic E-state index is 0.382. The summed E-state index contributed by atoms with van der Waals surface area (Å²) in [6, 6.07) is -0.382. The second kappa shape index (κ2) is 2.72. The van der Waals surface area contributed by atoms with Gasteiger partial charge in [0.05, 0.1) is 0 Å². The van der Waals surface area contributed by atoms with Crippen LogP contribution in [0.4, 0.5) is 4.79 Å². The van der Waals surface area contributed by atoms with Gasteiger partial charge in [-0.15, -0.1) is 0 Å². The van der Waals surface area contributed by atoms with E-state index in [0.29, 0.717) is 0 Å². The lowest BCUT2D eigenvalue weighted by Crippen LogP contribution is -2.53. The van der Waals surface area contributed by atoms with Crippen LogP contribution < -0.4 is 16.9 Å². The van der Waals surface area contributed by atoms with Crippen molar-refractivity contribution in [3.8, 4) is 0 Å². The van der Waals surface area contributed by atoms with Crippen molar-refractivity contribution in [2.24, 2.45) is 11.6 Å². The van der Waals surface area contributed by atoms with Crippen LogP contribution in [0.2, 0.25) is 0 Å². The largest absolute Gasteiger partial charge is 0.337 e. The number of nitrogens with one attached hydrogen (secondary N) is 1. The summed E-state index contributed by atoms with van der Waals surface area (Å²) in [6.07, 6.45) is 1.08. The van der Waals surface area contributed by atoms with Crippen LogP contribution in [-0.2, 0) is 0 Å². The first kappa shape index (κ1) is 7.76. The van der Waals surface area contributed by atoms with E-state index in [-0.39, 0.29) is 6.03 Å². The number of halogens is 1. The SMILES string of the molecule is NC1NC(=O)N(N)C=C1I. The Hall–Kier alpha value is -0.340. The van der Waals surface area contributed by atoms with E-state index in [1.165, 1.54) is 6.20 Å². The molecule has 0 saturated carbocycles. The summed E-state index contributed by atoms with van der Waals surface area (Å²) in [7, 11) is 0. The number of hydrogen-bond donors (Lipinski definition) is 3. The molecular formula is C4H7IN4O. The molecule has 56 valence electrons. The second-order valence-electron chi connectivity index (χ2n) is 1.85. The Bertz CT molecular complexity index is 192. The van der Waals surface area contributed by atoms with Gasteiger partial charge in [-0.3, -0.25) is 0 Å². The molecule has 0 aromatic rings. The maximum Gasteiger partial charge on any atom is 0.337 e. The van der Waals surface area contributed by atoms with Gasteiger partial charge in [0.2, 0.25) is 0 Å². The summed E-state index contributed by atoms with van der Waals surface area (Å²) in [4.78, 5) is 10.7. The Morgan fingerprint density at radius 2 is 2.40 bits per heavy atom. The summed E-state index contributed by atoms with van der Waals surface area (Å²) in [6.45, 7) is 0. The van der Waals surface area contributed by atoms with Gasteiger partial charge in [-0.25, -0.2) is 15.6 Å². The van der Waals surface area contributed by atoms with Gasteiger partial charge in [-0.1, -0.05) is 0 Å². The summed E-state index contributed by atoms with van der Waals surface area (Å²) >= 11 is 2.01. The third-order valence-electron chi connectivity index (χ3n) is 1.07. The number of carbonyl (C=O) groups is 1. The predicted octanol–water partition coefficient (Wildman–Crippen LogP) is -0.554. The highest BCUT2D eigenvalue weighted by atomic mass is 127. The highest BCUT2D eigenvalue weighted by Gasteiger charge is 2.19. The lowest BCUT2D eigenvalue weighted by molar-refractivity contribution is 0.210. The first-order chi connectivity index (χ1) is 4.61. The van der Waals surface area contributed by atoms with Crippen molar-refractivity contribution in [3.05, 3.63) is 9.78 Å². The zero-order valence-corrected chi connectivity index (χ0v) is 7.20. The lowest BCUT2D eigenvalue weighted by atomic mass is 10.4. The van der Waals surface area contributed by atoms with Gasteiger partial charge in [0.1, 0.15) is 6.17 Å². The maximum absolute atomic E-state index is 10.7. The van der Waals surface area contributed by atoms with Crippen LogP contribution in [0, 0.1) is 0 Å². The van der Waals surface area contributed by atoms with Crippen LogP contribution in [0.1, 0.15) is 0 Å². The van der Waals surface area contributed by atoms with E-state index in [9.17, 15) is 4.79 Å². The molecule has 1 aliphatic heterocycles. The maximum atomic E-state index is 10.7. The van der Waals surface area contributed by atoms with E-state index >= 15 is 0 Å². The summed E-state index contributed by atoms with van der Waals surface area (Å²) in [5.41, 5.74) is 5.44. The van der Waals surface area contributed by atoms with Gasteiger partial charge in [0.25, 0.3) is 0 Å². The molecule has 1 aliphatic rings. The van der Waals surface area contributed by atoms with E-state index < -0.39 is 6.17 Å². The van der Waals surface area contributed by atoms with Gasteiger partial charge in [-0.05, 0) is 22.6 Å². The smallest absolute Gasteiger partial charge is 0.317 e. The Labute approximate surface area is 71.5 Å². The normalized spacial score (nSPS) is 25.9. The number of urea groups is 1. The molecule has 0 spiro atoms. The highest BCUT2D eigenvalue weighted by Crippen LogP contribution is 2.11. The predicted molar refractivity (Wildman–Crippen MR) is 44.6 cm³/mol. The summed E-state index contributed by atoms with van der Waals surface area (Å²) < 4.78 is 0.805. The number of nitrogens with two attached hydrogens (primary N) is 2. The molecule has 5 N–H and O–H groups in total. The zero-order chi connectivity index (χ0) is 7.72. The average molecular weight is 254 g/mol. The van der Waals surface area contributed by atoms with Gasteiger partial charge in [0.15, 0.2) is 0 Å². The van der Waals surface area contributed by atoms with Crippen LogP contribution in [0.3, 0.4) is 0 Å². The molecule has 1 unspecified atom stereocenters. The number of hydrogen-bond acceptors (Lipinski definition) is 3.